The molecule has 0 saturated heterocycles. The molecule has 4 fully saturated rings. The Morgan fingerprint density at radius 2 is 0.500 bits per heavy atom. The van der Waals surface area contributed by atoms with Gasteiger partial charge in [-0.2, -0.15) is 0 Å². The van der Waals surface area contributed by atoms with Crippen LogP contribution in [0.15, 0.2) is 0 Å². The molecule has 0 heterocycles. The zero-order chi connectivity index (χ0) is 17.6. The summed E-state index contributed by atoms with van der Waals surface area (Å²) < 4.78 is 0. The van der Waals surface area contributed by atoms with Gasteiger partial charge in [0, 0.05) is 0 Å². The number of hydrogen-bond acceptors (Lipinski definition) is 0. The van der Waals surface area contributed by atoms with E-state index in [0.29, 0.717) is 0 Å². The van der Waals surface area contributed by atoms with Gasteiger partial charge in [0.15, 0.2) is 0 Å². The number of rotatable bonds is 0. The van der Waals surface area contributed by atoms with Crippen LogP contribution in [-0.2, 0) is 0 Å². The van der Waals surface area contributed by atoms with E-state index in [2.05, 4.69) is 27.7 Å². The minimum Gasteiger partial charge on any atom is -0.0625 e. The first-order chi connectivity index (χ1) is 11.6. The molecule has 0 aromatic carbocycles. The fourth-order valence-corrected chi connectivity index (χ4v) is 4.18. The van der Waals surface area contributed by atoms with E-state index in [9.17, 15) is 0 Å². The summed E-state index contributed by atoms with van der Waals surface area (Å²) in [6.45, 7) is 9.35. The van der Waals surface area contributed by atoms with Crippen molar-refractivity contribution in [2.45, 2.75) is 130 Å². The van der Waals surface area contributed by atoms with Gasteiger partial charge in [0.1, 0.15) is 0 Å². The van der Waals surface area contributed by atoms with Crippen LogP contribution in [0.4, 0.5) is 0 Å². The van der Waals surface area contributed by atoms with Gasteiger partial charge in [0.05, 0.1) is 0 Å². The molecule has 0 nitrogen and oxygen atoms in total. The van der Waals surface area contributed by atoms with Crippen LogP contribution in [0.5, 0.6) is 0 Å². The normalized spacial score (nSPS) is 25.5. The maximum absolute atomic E-state index is 2.36. The number of hydrogen-bond donors (Lipinski definition) is 0. The molecule has 0 aromatic rings. The van der Waals surface area contributed by atoms with Crippen LogP contribution in [-0.4, -0.2) is 0 Å². The molecular weight excluding hydrogens is 288 g/mol. The van der Waals surface area contributed by atoms with Gasteiger partial charge in [0.2, 0.25) is 0 Å². The smallest absolute Gasteiger partial charge is 0.0443 e. The Morgan fingerprint density at radius 1 is 0.292 bits per heavy atom. The highest BCUT2D eigenvalue weighted by molar-refractivity contribution is 4.63. The largest absolute Gasteiger partial charge is 0.0625 e. The summed E-state index contributed by atoms with van der Waals surface area (Å²) in [6.07, 6.45) is 23.8. The molecule has 0 amide bonds. The highest BCUT2D eigenvalue weighted by Crippen LogP contribution is 2.25. The predicted octanol–water partition coefficient (Wildman–Crippen LogP) is 8.79. The molecule has 0 aromatic heterocycles. The molecular formula is C24H48. The van der Waals surface area contributed by atoms with E-state index in [1.54, 1.807) is 0 Å². The zero-order valence-corrected chi connectivity index (χ0v) is 17.6. The zero-order valence-electron chi connectivity index (χ0n) is 17.6. The van der Waals surface area contributed by atoms with E-state index in [0.717, 1.165) is 23.7 Å². The Kier molecular flexibility index (Phi) is 13.0. The summed E-state index contributed by atoms with van der Waals surface area (Å²) in [6, 6.07) is 0. The molecule has 4 aliphatic rings. The van der Waals surface area contributed by atoms with Crippen molar-refractivity contribution in [2.75, 3.05) is 0 Å². The van der Waals surface area contributed by atoms with Crippen LogP contribution in [0, 0.1) is 23.7 Å². The molecule has 4 rings (SSSR count). The summed E-state index contributed by atoms with van der Waals surface area (Å²) in [5.41, 5.74) is 0. The summed E-state index contributed by atoms with van der Waals surface area (Å²) in [5, 5.41) is 0. The Labute approximate surface area is 154 Å². The topological polar surface area (TPSA) is 0 Å². The van der Waals surface area contributed by atoms with Crippen molar-refractivity contribution in [3.63, 3.8) is 0 Å². The van der Waals surface area contributed by atoms with Crippen molar-refractivity contribution in [2.24, 2.45) is 23.7 Å². The van der Waals surface area contributed by atoms with Gasteiger partial charge in [-0.15, -0.1) is 0 Å². The second-order valence-corrected chi connectivity index (χ2v) is 9.56. The van der Waals surface area contributed by atoms with Gasteiger partial charge >= 0.3 is 0 Å². The van der Waals surface area contributed by atoms with Gasteiger partial charge in [-0.3, -0.25) is 0 Å². The van der Waals surface area contributed by atoms with Crippen molar-refractivity contribution >= 4 is 0 Å². The van der Waals surface area contributed by atoms with Crippen molar-refractivity contribution in [3.05, 3.63) is 0 Å². The van der Waals surface area contributed by atoms with Gasteiger partial charge in [-0.05, 0) is 23.7 Å². The Morgan fingerprint density at radius 3 is 0.583 bits per heavy atom. The summed E-state index contributed by atoms with van der Waals surface area (Å²) in [4.78, 5) is 0. The van der Waals surface area contributed by atoms with E-state index in [4.69, 9.17) is 0 Å². The van der Waals surface area contributed by atoms with Crippen molar-refractivity contribution in [1.29, 1.82) is 0 Å². The lowest BCUT2D eigenvalue weighted by Crippen LogP contribution is -2.04. The Hall–Kier alpha value is 0. The maximum Gasteiger partial charge on any atom is -0.0443 e. The molecule has 144 valence electrons. The quantitative estimate of drug-likeness (QED) is 0.414. The first kappa shape index (κ1) is 22.0. The predicted molar refractivity (Wildman–Crippen MR) is 111 cm³/mol. The molecule has 0 atom stereocenters. The molecule has 4 aliphatic carbocycles. The van der Waals surface area contributed by atoms with E-state index < -0.39 is 0 Å². The van der Waals surface area contributed by atoms with Gasteiger partial charge in [0.25, 0.3) is 0 Å². The van der Waals surface area contributed by atoms with Crippen LogP contribution in [0.1, 0.15) is 130 Å². The monoisotopic (exact) mass is 336 g/mol. The Balaban J connectivity index is 0.000000161. The van der Waals surface area contributed by atoms with Gasteiger partial charge < -0.3 is 0 Å². The molecule has 0 bridgehead atoms. The third kappa shape index (κ3) is 12.4. The first-order valence-corrected chi connectivity index (χ1v) is 11.6. The highest BCUT2D eigenvalue weighted by atomic mass is 14.2. The second kappa shape index (κ2) is 14.2. The van der Waals surface area contributed by atoms with Gasteiger partial charge in [-0.1, -0.05) is 130 Å². The van der Waals surface area contributed by atoms with Crippen LogP contribution in [0.25, 0.3) is 0 Å². The fraction of sp³-hybridized carbons (Fsp3) is 1.00. The third-order valence-corrected chi connectivity index (χ3v) is 6.58. The van der Waals surface area contributed by atoms with Crippen molar-refractivity contribution < 1.29 is 0 Å². The maximum atomic E-state index is 2.36. The lowest BCUT2D eigenvalue weighted by atomic mass is 9.88. The molecule has 0 unspecified atom stereocenters. The summed E-state index contributed by atoms with van der Waals surface area (Å²) >= 11 is 0. The van der Waals surface area contributed by atoms with Crippen LogP contribution >= 0.6 is 0 Å². The molecule has 0 aliphatic heterocycles. The summed E-state index contributed by atoms with van der Waals surface area (Å²) in [7, 11) is 0. The lowest BCUT2D eigenvalue weighted by molar-refractivity contribution is 0.346. The SMILES string of the molecule is CC1CCC1.CC1CCCC1.CC1CCCC1.CC1CCCCC1. The van der Waals surface area contributed by atoms with E-state index in [-0.39, 0.29) is 0 Å². The first-order valence-electron chi connectivity index (χ1n) is 11.6. The molecule has 0 heteroatoms. The fourth-order valence-electron chi connectivity index (χ4n) is 4.18. The highest BCUT2D eigenvalue weighted by Gasteiger charge is 2.09. The lowest BCUT2D eigenvalue weighted by Gasteiger charge is -2.18. The standard InChI is InChI=1S/C7H14.2C6H12.C5H10/c1-7-5-3-2-4-6-7;2*1-6-4-2-3-5-6;1-5-3-2-4-5/h7H,2-6H2,1H3;2*6H,2-5H2,1H3;5H,2-4H2,1H3. The molecule has 0 spiro atoms. The van der Waals surface area contributed by atoms with Gasteiger partial charge in [-0.25, -0.2) is 0 Å². The van der Waals surface area contributed by atoms with Crippen LogP contribution in [0.2, 0.25) is 0 Å². The summed E-state index contributed by atoms with van der Waals surface area (Å²) in [5.74, 6) is 4.19. The average Bonchev–Trinajstić information content (AvgIpc) is 3.21. The minimum absolute atomic E-state index is 1.04. The van der Waals surface area contributed by atoms with E-state index >= 15 is 0 Å². The van der Waals surface area contributed by atoms with Crippen molar-refractivity contribution in [1.82, 2.24) is 0 Å². The molecule has 0 radical (unpaired) electrons. The van der Waals surface area contributed by atoms with Crippen LogP contribution < -0.4 is 0 Å². The molecule has 24 heavy (non-hydrogen) atoms. The third-order valence-electron chi connectivity index (χ3n) is 6.58. The van der Waals surface area contributed by atoms with E-state index in [1.807, 2.05) is 0 Å². The van der Waals surface area contributed by atoms with Crippen molar-refractivity contribution in [3.8, 4) is 0 Å². The van der Waals surface area contributed by atoms with E-state index in [1.165, 1.54) is 103 Å². The molecule has 0 N–H and O–H groups in total. The minimum atomic E-state index is 1.04. The Bertz CT molecular complexity index is 233. The average molecular weight is 337 g/mol. The molecule has 4 saturated carbocycles. The second-order valence-electron chi connectivity index (χ2n) is 9.56. The van der Waals surface area contributed by atoms with Crippen LogP contribution in [0.3, 0.4) is 0 Å².